The number of rotatable bonds is 9. The summed E-state index contributed by atoms with van der Waals surface area (Å²) in [6.07, 6.45) is 2.01. The van der Waals surface area contributed by atoms with Crippen LogP contribution in [0.15, 0.2) is 48.0 Å². The van der Waals surface area contributed by atoms with Gasteiger partial charge in [0.25, 0.3) is 5.91 Å². The Bertz CT molecular complexity index is 1260. The van der Waals surface area contributed by atoms with E-state index in [2.05, 4.69) is 10.4 Å². The first-order valence-corrected chi connectivity index (χ1v) is 11.2. The lowest BCUT2D eigenvalue weighted by atomic mass is 10.1. The average molecular weight is 499 g/mol. The molecule has 1 aromatic heterocycles. The van der Waals surface area contributed by atoms with Gasteiger partial charge in [0, 0.05) is 17.1 Å². The van der Waals surface area contributed by atoms with Gasteiger partial charge in [0.05, 0.1) is 26.5 Å². The van der Waals surface area contributed by atoms with Crippen LogP contribution in [-0.2, 0) is 17.8 Å². The van der Waals surface area contributed by atoms with Crippen molar-refractivity contribution in [3.05, 3.63) is 80.6 Å². The van der Waals surface area contributed by atoms with Crippen LogP contribution in [0.1, 0.15) is 22.4 Å². The number of nitriles is 1. The second kappa shape index (κ2) is 11.6. The molecule has 0 aliphatic rings. The van der Waals surface area contributed by atoms with E-state index in [1.165, 1.54) is 6.08 Å². The molecule has 0 saturated carbocycles. The van der Waals surface area contributed by atoms with Gasteiger partial charge in [-0.2, -0.15) is 10.4 Å². The van der Waals surface area contributed by atoms with Gasteiger partial charge in [-0.05, 0) is 48.7 Å². The van der Waals surface area contributed by atoms with Crippen LogP contribution in [0, 0.1) is 18.3 Å². The van der Waals surface area contributed by atoms with Gasteiger partial charge >= 0.3 is 0 Å². The standard InChI is InChI=1S/C25H24Cl2N4O3/c1-16-20(24(27)31(30-16)15-18-6-4-5-7-21(18)26)13-19(14-28)25(32)29-11-10-17-8-9-22(33-2)23(12-17)34-3/h4-9,12-13H,10-11,15H2,1-3H3,(H,29,32)/b19-13+. The smallest absolute Gasteiger partial charge is 0.261 e. The number of aryl methyl sites for hydroxylation is 1. The summed E-state index contributed by atoms with van der Waals surface area (Å²) in [5, 5.41) is 17.7. The van der Waals surface area contributed by atoms with Gasteiger partial charge in [-0.3, -0.25) is 4.79 Å². The number of nitrogens with zero attached hydrogens (tertiary/aromatic N) is 3. The number of amides is 1. The quantitative estimate of drug-likeness (QED) is 0.337. The van der Waals surface area contributed by atoms with E-state index >= 15 is 0 Å². The van der Waals surface area contributed by atoms with Crippen molar-refractivity contribution in [1.29, 1.82) is 5.26 Å². The third kappa shape index (κ3) is 5.90. The van der Waals surface area contributed by atoms with Crippen molar-refractivity contribution in [2.45, 2.75) is 19.9 Å². The van der Waals surface area contributed by atoms with E-state index in [0.29, 0.717) is 52.4 Å². The summed E-state index contributed by atoms with van der Waals surface area (Å²) in [7, 11) is 3.14. The van der Waals surface area contributed by atoms with E-state index in [1.54, 1.807) is 31.9 Å². The fraction of sp³-hybridized carbons (Fsp3) is 0.240. The molecule has 0 aliphatic carbocycles. The zero-order chi connectivity index (χ0) is 24.7. The Hall–Kier alpha value is -3.47. The molecule has 1 heterocycles. The molecule has 0 spiro atoms. The molecular weight excluding hydrogens is 475 g/mol. The van der Waals surface area contributed by atoms with E-state index in [1.807, 2.05) is 42.5 Å². The lowest BCUT2D eigenvalue weighted by Crippen LogP contribution is -2.26. The molecule has 176 valence electrons. The number of carbonyl (C=O) groups is 1. The lowest BCUT2D eigenvalue weighted by molar-refractivity contribution is -0.117. The molecule has 34 heavy (non-hydrogen) atoms. The average Bonchev–Trinajstić information content (AvgIpc) is 3.10. The van der Waals surface area contributed by atoms with Crippen molar-refractivity contribution in [1.82, 2.24) is 15.1 Å². The molecule has 0 aliphatic heterocycles. The summed E-state index contributed by atoms with van der Waals surface area (Å²) in [5.74, 6) is 0.757. The highest BCUT2D eigenvalue weighted by Crippen LogP contribution is 2.28. The van der Waals surface area contributed by atoms with Crippen molar-refractivity contribution in [3.63, 3.8) is 0 Å². The van der Waals surface area contributed by atoms with Gasteiger partial charge in [-0.1, -0.05) is 47.5 Å². The van der Waals surface area contributed by atoms with Crippen LogP contribution in [-0.4, -0.2) is 36.5 Å². The maximum absolute atomic E-state index is 12.6. The van der Waals surface area contributed by atoms with Gasteiger partial charge in [-0.15, -0.1) is 0 Å². The molecule has 2 aromatic carbocycles. The molecule has 0 atom stereocenters. The Labute approximate surface area is 208 Å². The Balaban J connectivity index is 1.70. The number of nitrogens with one attached hydrogen (secondary N) is 1. The number of ether oxygens (including phenoxy) is 2. The monoisotopic (exact) mass is 498 g/mol. The van der Waals surface area contributed by atoms with E-state index in [4.69, 9.17) is 32.7 Å². The molecule has 9 heteroatoms. The van der Waals surface area contributed by atoms with Gasteiger partial charge in [0.2, 0.25) is 0 Å². The van der Waals surface area contributed by atoms with Gasteiger partial charge in [0.1, 0.15) is 16.8 Å². The summed E-state index contributed by atoms with van der Waals surface area (Å²) in [6, 6.07) is 14.9. The molecule has 1 amide bonds. The fourth-order valence-corrected chi connectivity index (χ4v) is 3.85. The molecule has 3 rings (SSSR count). The van der Waals surface area contributed by atoms with Crippen LogP contribution >= 0.6 is 23.2 Å². The molecule has 0 fully saturated rings. The summed E-state index contributed by atoms with van der Waals surface area (Å²) in [6.45, 7) is 2.48. The first-order valence-electron chi connectivity index (χ1n) is 10.4. The minimum atomic E-state index is -0.489. The summed E-state index contributed by atoms with van der Waals surface area (Å²) < 4.78 is 12.1. The predicted octanol–water partition coefficient (Wildman–Crippen LogP) is 4.83. The van der Waals surface area contributed by atoms with Crippen molar-refractivity contribution >= 4 is 35.2 Å². The minimum Gasteiger partial charge on any atom is -0.493 e. The van der Waals surface area contributed by atoms with Crippen LogP contribution < -0.4 is 14.8 Å². The first kappa shape index (κ1) is 25.2. The van der Waals surface area contributed by atoms with Gasteiger partial charge < -0.3 is 14.8 Å². The van der Waals surface area contributed by atoms with E-state index < -0.39 is 5.91 Å². The maximum Gasteiger partial charge on any atom is 0.261 e. The Morgan fingerprint density at radius 1 is 1.18 bits per heavy atom. The molecule has 0 bridgehead atoms. The molecule has 0 unspecified atom stereocenters. The molecular formula is C25H24Cl2N4O3. The number of aromatic nitrogens is 2. The largest absolute Gasteiger partial charge is 0.493 e. The van der Waals surface area contributed by atoms with Gasteiger partial charge in [-0.25, -0.2) is 4.68 Å². The summed E-state index contributed by atoms with van der Waals surface area (Å²) in [4.78, 5) is 12.6. The number of hydrogen-bond donors (Lipinski definition) is 1. The number of benzene rings is 2. The van der Waals surface area contributed by atoms with Crippen molar-refractivity contribution in [2.24, 2.45) is 0 Å². The number of halogens is 2. The Morgan fingerprint density at radius 3 is 2.59 bits per heavy atom. The Morgan fingerprint density at radius 2 is 1.91 bits per heavy atom. The lowest BCUT2D eigenvalue weighted by Gasteiger charge is -2.10. The second-order valence-electron chi connectivity index (χ2n) is 7.40. The predicted molar refractivity (Wildman–Crippen MR) is 132 cm³/mol. The van der Waals surface area contributed by atoms with Crippen molar-refractivity contribution in [2.75, 3.05) is 20.8 Å². The highest BCUT2D eigenvalue weighted by atomic mass is 35.5. The Kier molecular flexibility index (Phi) is 8.58. The second-order valence-corrected chi connectivity index (χ2v) is 8.17. The molecule has 1 N–H and O–H groups in total. The van der Waals surface area contributed by atoms with Crippen LogP contribution in [0.2, 0.25) is 10.2 Å². The zero-order valence-electron chi connectivity index (χ0n) is 19.1. The summed E-state index contributed by atoms with van der Waals surface area (Å²) in [5.41, 5.74) is 2.87. The molecule has 0 saturated heterocycles. The highest BCUT2D eigenvalue weighted by Gasteiger charge is 2.16. The van der Waals surface area contributed by atoms with Crippen LogP contribution in [0.3, 0.4) is 0 Å². The molecule has 0 radical (unpaired) electrons. The number of hydrogen-bond acceptors (Lipinski definition) is 5. The highest BCUT2D eigenvalue weighted by molar-refractivity contribution is 6.32. The minimum absolute atomic E-state index is 0.0606. The van der Waals surface area contributed by atoms with Crippen LogP contribution in [0.4, 0.5) is 0 Å². The van der Waals surface area contributed by atoms with Crippen LogP contribution in [0.25, 0.3) is 6.08 Å². The number of methoxy groups -OCH3 is 2. The summed E-state index contributed by atoms with van der Waals surface area (Å²) >= 11 is 12.8. The zero-order valence-corrected chi connectivity index (χ0v) is 20.6. The first-order chi connectivity index (χ1) is 16.4. The third-order valence-corrected chi connectivity index (χ3v) is 5.96. The SMILES string of the molecule is COc1ccc(CCNC(=O)/C(C#N)=C/c2c(C)nn(Cc3ccccc3Cl)c2Cl)cc1OC. The van der Waals surface area contributed by atoms with Crippen LogP contribution in [0.5, 0.6) is 11.5 Å². The van der Waals surface area contributed by atoms with E-state index in [-0.39, 0.29) is 5.57 Å². The third-order valence-electron chi connectivity index (χ3n) is 5.19. The topological polar surface area (TPSA) is 89.2 Å². The normalized spacial score (nSPS) is 11.1. The van der Waals surface area contributed by atoms with E-state index in [0.717, 1.165) is 11.1 Å². The maximum atomic E-state index is 12.6. The molecule has 3 aromatic rings. The van der Waals surface area contributed by atoms with Gasteiger partial charge in [0.15, 0.2) is 11.5 Å². The molecule has 7 nitrogen and oxygen atoms in total. The number of carbonyl (C=O) groups excluding carboxylic acids is 1. The van der Waals surface area contributed by atoms with Crippen molar-refractivity contribution < 1.29 is 14.3 Å². The fourth-order valence-electron chi connectivity index (χ4n) is 3.37. The van der Waals surface area contributed by atoms with E-state index in [9.17, 15) is 10.1 Å². The van der Waals surface area contributed by atoms with Crippen molar-refractivity contribution in [3.8, 4) is 17.6 Å².